The largest absolute Gasteiger partial charge is 0.497 e. The van der Waals surface area contributed by atoms with E-state index in [9.17, 15) is 8.42 Å². The topological polar surface area (TPSA) is 138 Å². The maximum absolute atomic E-state index is 15.6. The van der Waals surface area contributed by atoms with E-state index in [0.29, 0.717) is 11.1 Å². The monoisotopic (exact) mass is 570 g/mol. The molecule has 2 aromatic carbocycles. The summed E-state index contributed by atoms with van der Waals surface area (Å²) >= 11 is 0. The molecule has 4 aromatic rings. The third-order valence-electron chi connectivity index (χ3n) is 7.41. The second kappa shape index (κ2) is 10.7. The second-order valence-electron chi connectivity index (χ2n) is 10.4. The molecule has 12 heteroatoms. The first-order valence-corrected chi connectivity index (χ1v) is 14.6. The second-order valence-corrected chi connectivity index (χ2v) is 12.1. The Labute approximate surface area is 231 Å². The summed E-state index contributed by atoms with van der Waals surface area (Å²) in [5, 5.41) is 5.11. The van der Waals surface area contributed by atoms with Crippen LogP contribution in [0.1, 0.15) is 57.1 Å². The van der Waals surface area contributed by atoms with Crippen LogP contribution in [0.15, 0.2) is 47.5 Å². The predicted octanol–water partition coefficient (Wildman–Crippen LogP) is 5.33. The van der Waals surface area contributed by atoms with Gasteiger partial charge in [0.1, 0.15) is 28.9 Å². The first-order chi connectivity index (χ1) is 19.0. The minimum atomic E-state index is -4.20. The number of ether oxygens (including phenoxy) is 1. The Morgan fingerprint density at radius 1 is 1.07 bits per heavy atom. The van der Waals surface area contributed by atoms with Crippen molar-refractivity contribution in [2.75, 3.05) is 17.6 Å². The Balaban J connectivity index is 1.58. The van der Waals surface area contributed by atoms with Crippen molar-refractivity contribution in [1.29, 1.82) is 0 Å². The maximum Gasteiger partial charge on any atom is 0.261 e. The first kappa shape index (κ1) is 27.8. The molecule has 40 heavy (non-hydrogen) atoms. The van der Waals surface area contributed by atoms with E-state index < -0.39 is 27.3 Å². The Morgan fingerprint density at radius 3 is 2.38 bits per heavy atom. The van der Waals surface area contributed by atoms with E-state index >= 15 is 8.78 Å². The number of hydrogen-bond donors (Lipinski definition) is 3. The highest BCUT2D eigenvalue weighted by Gasteiger charge is 2.29. The molecule has 0 amide bonds. The molecule has 1 fully saturated rings. The van der Waals surface area contributed by atoms with Gasteiger partial charge in [-0.05, 0) is 81.3 Å². The number of halogens is 2. The number of nitrogens with zero attached hydrogens (tertiary/aromatic N) is 3. The van der Waals surface area contributed by atoms with Gasteiger partial charge in [0.15, 0.2) is 0 Å². The van der Waals surface area contributed by atoms with Gasteiger partial charge in [-0.3, -0.25) is 9.40 Å². The van der Waals surface area contributed by atoms with Gasteiger partial charge in [-0.1, -0.05) is 0 Å². The molecule has 0 unspecified atom stereocenters. The van der Waals surface area contributed by atoms with Crippen molar-refractivity contribution in [2.24, 2.45) is 5.73 Å². The highest BCUT2D eigenvalue weighted by molar-refractivity contribution is 7.92. The fourth-order valence-electron chi connectivity index (χ4n) is 5.27. The number of pyridine rings is 1. The van der Waals surface area contributed by atoms with E-state index in [1.807, 2.05) is 13.8 Å². The number of sulfonamides is 1. The van der Waals surface area contributed by atoms with Crippen LogP contribution in [0.3, 0.4) is 0 Å². The van der Waals surface area contributed by atoms with Gasteiger partial charge in [0.25, 0.3) is 10.0 Å². The number of benzene rings is 2. The average Bonchev–Trinajstić information content (AvgIpc) is 3.33. The molecule has 2 aromatic heterocycles. The number of aromatic nitrogens is 3. The zero-order valence-corrected chi connectivity index (χ0v) is 23.3. The van der Waals surface area contributed by atoms with Crippen LogP contribution in [0.5, 0.6) is 5.75 Å². The molecule has 0 saturated heterocycles. The summed E-state index contributed by atoms with van der Waals surface area (Å²) in [4.78, 5) is 4.27. The molecule has 0 atom stereocenters. The van der Waals surface area contributed by atoms with E-state index in [0.717, 1.165) is 48.9 Å². The zero-order chi connectivity index (χ0) is 28.8. The third-order valence-corrected chi connectivity index (χ3v) is 8.79. The molecule has 0 radical (unpaired) electrons. The lowest BCUT2D eigenvalue weighted by Crippen LogP contribution is -2.26. The summed E-state index contributed by atoms with van der Waals surface area (Å²) in [5.41, 5.74) is 13.6. The molecule has 212 valence electrons. The Hall–Kier alpha value is -3.77. The highest BCUT2D eigenvalue weighted by atomic mass is 32.2. The molecule has 0 bridgehead atoms. The lowest BCUT2D eigenvalue weighted by Gasteiger charge is -2.27. The number of nitrogens with one attached hydrogen (secondary N) is 1. The molecule has 1 aliphatic carbocycles. The number of nitrogens with two attached hydrogens (primary N) is 2. The molecule has 2 heterocycles. The van der Waals surface area contributed by atoms with Crippen LogP contribution >= 0.6 is 0 Å². The molecule has 9 nitrogen and oxygen atoms in total. The van der Waals surface area contributed by atoms with E-state index in [-0.39, 0.29) is 40.0 Å². The van der Waals surface area contributed by atoms with E-state index in [1.165, 1.54) is 31.4 Å². The first-order valence-electron chi connectivity index (χ1n) is 13.1. The van der Waals surface area contributed by atoms with Crippen molar-refractivity contribution in [3.05, 3.63) is 59.8 Å². The van der Waals surface area contributed by atoms with Crippen molar-refractivity contribution >= 4 is 32.4 Å². The van der Waals surface area contributed by atoms with Gasteiger partial charge in [-0.2, -0.15) is 5.10 Å². The quantitative estimate of drug-likeness (QED) is 0.273. The van der Waals surface area contributed by atoms with Crippen LogP contribution in [0.2, 0.25) is 0 Å². The van der Waals surface area contributed by atoms with Gasteiger partial charge >= 0.3 is 0 Å². The predicted molar refractivity (Wildman–Crippen MR) is 151 cm³/mol. The molecule has 5 N–H and O–H groups in total. The highest BCUT2D eigenvalue weighted by Crippen LogP contribution is 2.42. The van der Waals surface area contributed by atoms with Crippen LogP contribution < -0.4 is 20.9 Å². The third kappa shape index (κ3) is 5.08. The molecule has 1 saturated carbocycles. The van der Waals surface area contributed by atoms with Gasteiger partial charge < -0.3 is 16.2 Å². The van der Waals surface area contributed by atoms with Crippen molar-refractivity contribution < 1.29 is 21.9 Å². The Kier molecular flexibility index (Phi) is 7.40. The lowest BCUT2D eigenvalue weighted by atomic mass is 9.82. The fraction of sp³-hybridized carbons (Fsp3) is 0.357. The minimum Gasteiger partial charge on any atom is -0.497 e. The molecular weight excluding hydrogens is 538 g/mol. The standard InChI is InChI=1S/C28H32F2N6O3S/c1-15(2)36-27-21(16-4-6-17(31)7-5-16)14-33-28(32)25(27)26(34-36)20-12-23(30)24(13-22(20)29)35-40(37,38)19-10-8-18(39-3)9-11-19/h8-17,35H,4-7,31H2,1-3H3,(H2,32,33)/t16-,17-. The van der Waals surface area contributed by atoms with Gasteiger partial charge in [-0.25, -0.2) is 22.2 Å². The molecule has 0 aliphatic heterocycles. The Morgan fingerprint density at radius 2 is 1.75 bits per heavy atom. The van der Waals surface area contributed by atoms with Gasteiger partial charge in [-0.15, -0.1) is 0 Å². The summed E-state index contributed by atoms with van der Waals surface area (Å²) in [5.74, 6) is -1.04. The number of nitrogen functional groups attached to an aromatic ring is 1. The summed E-state index contributed by atoms with van der Waals surface area (Å²) in [6, 6.07) is 7.33. The molecule has 0 spiro atoms. The van der Waals surface area contributed by atoms with Crippen molar-refractivity contribution in [3.8, 4) is 17.0 Å². The number of rotatable bonds is 7. The van der Waals surface area contributed by atoms with Crippen LogP contribution in [-0.4, -0.2) is 36.3 Å². The summed E-state index contributed by atoms with van der Waals surface area (Å²) in [7, 11) is -2.75. The van der Waals surface area contributed by atoms with Gasteiger partial charge in [0, 0.05) is 29.9 Å². The van der Waals surface area contributed by atoms with Crippen molar-refractivity contribution in [1.82, 2.24) is 14.8 Å². The molecule has 5 rings (SSSR count). The smallest absolute Gasteiger partial charge is 0.261 e. The van der Waals surface area contributed by atoms with Crippen molar-refractivity contribution in [3.63, 3.8) is 0 Å². The number of fused-ring (bicyclic) bond motifs is 1. The van der Waals surface area contributed by atoms with E-state index in [4.69, 9.17) is 16.2 Å². The summed E-state index contributed by atoms with van der Waals surface area (Å²) in [6.07, 6.45) is 5.27. The number of methoxy groups -OCH3 is 1. The van der Waals surface area contributed by atoms with Crippen LogP contribution in [0, 0.1) is 11.6 Å². The zero-order valence-electron chi connectivity index (χ0n) is 22.5. The number of anilines is 2. The SMILES string of the molecule is COc1ccc(S(=O)(=O)Nc2cc(F)c(-c3nn(C(C)C)c4c3c(N)ncc4[C@H]3CC[C@H](N)CC3)cc2F)cc1. The van der Waals surface area contributed by atoms with Gasteiger partial charge in [0.05, 0.1) is 28.6 Å². The Bertz CT molecular complexity index is 1660. The number of hydrogen-bond acceptors (Lipinski definition) is 7. The summed E-state index contributed by atoms with van der Waals surface area (Å²) in [6.45, 7) is 3.89. The van der Waals surface area contributed by atoms with E-state index in [2.05, 4.69) is 14.8 Å². The molecule has 1 aliphatic rings. The average molecular weight is 571 g/mol. The minimum absolute atomic E-state index is 0.105. The van der Waals surface area contributed by atoms with E-state index in [1.54, 1.807) is 10.9 Å². The van der Waals surface area contributed by atoms with Crippen molar-refractivity contribution in [2.45, 2.75) is 62.4 Å². The maximum atomic E-state index is 15.6. The summed E-state index contributed by atoms with van der Waals surface area (Å²) < 4.78 is 65.6. The lowest BCUT2D eigenvalue weighted by molar-refractivity contribution is 0.395. The van der Waals surface area contributed by atoms with Crippen LogP contribution in [-0.2, 0) is 10.0 Å². The fourth-order valence-corrected chi connectivity index (χ4v) is 6.33. The molecular formula is C28H32F2N6O3S. The van der Waals surface area contributed by atoms with Crippen LogP contribution in [0.25, 0.3) is 22.2 Å². The van der Waals surface area contributed by atoms with Crippen LogP contribution in [0.4, 0.5) is 20.3 Å². The normalized spacial score (nSPS) is 17.9. The van der Waals surface area contributed by atoms with Gasteiger partial charge in [0.2, 0.25) is 0 Å².